The zero-order valence-electron chi connectivity index (χ0n) is 19.6. The van der Waals surface area contributed by atoms with E-state index in [2.05, 4.69) is 37.7 Å². The quantitative estimate of drug-likeness (QED) is 0.209. The van der Waals surface area contributed by atoms with Crippen LogP contribution in [0.1, 0.15) is 77.8 Å². The molecule has 176 valence electrons. The molecule has 0 spiro atoms. The molecule has 5 nitrogen and oxygen atoms in total. The van der Waals surface area contributed by atoms with Crippen molar-refractivity contribution in [2.45, 2.75) is 72.3 Å². The topological polar surface area (TPSA) is 67.4 Å². The van der Waals surface area contributed by atoms with Gasteiger partial charge in [-0.3, -0.25) is 9.52 Å². The molecule has 0 aliphatic heterocycles. The van der Waals surface area contributed by atoms with Gasteiger partial charge in [0.15, 0.2) is 11.6 Å². The third-order valence-corrected chi connectivity index (χ3v) is 5.94. The van der Waals surface area contributed by atoms with E-state index in [1.54, 1.807) is 31.1 Å². The Morgan fingerprint density at radius 3 is 2.61 bits per heavy atom. The van der Waals surface area contributed by atoms with E-state index in [0.29, 0.717) is 25.2 Å². The van der Waals surface area contributed by atoms with Crippen molar-refractivity contribution < 1.29 is 18.7 Å². The average molecular weight is 455 g/mol. The second kappa shape index (κ2) is 14.5. The molecular weight excluding hydrogens is 415 g/mol. The summed E-state index contributed by atoms with van der Waals surface area (Å²) in [6.07, 6.45) is 5.80. The van der Waals surface area contributed by atoms with E-state index in [9.17, 15) is 14.0 Å². The van der Waals surface area contributed by atoms with Crippen LogP contribution >= 0.6 is 11.9 Å². The molecule has 7 heteroatoms. The van der Waals surface area contributed by atoms with Crippen LogP contribution in [-0.2, 0) is 9.59 Å². The molecule has 1 rings (SSSR count). The Balaban J connectivity index is 2.33. The second-order valence-electron chi connectivity index (χ2n) is 9.13. The Morgan fingerprint density at radius 1 is 1.23 bits per heavy atom. The van der Waals surface area contributed by atoms with Crippen molar-refractivity contribution in [3.8, 4) is 5.75 Å². The zero-order valence-corrected chi connectivity index (χ0v) is 20.4. The van der Waals surface area contributed by atoms with E-state index in [0.717, 1.165) is 43.3 Å². The van der Waals surface area contributed by atoms with Gasteiger partial charge in [-0.2, -0.15) is 0 Å². The summed E-state index contributed by atoms with van der Waals surface area (Å²) in [5.74, 6) is 0.867. The lowest BCUT2D eigenvalue weighted by atomic mass is 9.95. The minimum absolute atomic E-state index is 0.0249. The van der Waals surface area contributed by atoms with E-state index in [-0.39, 0.29) is 29.1 Å². The van der Waals surface area contributed by atoms with Gasteiger partial charge >= 0.3 is 0 Å². The molecular formula is C24H39FN2O3S. The predicted molar refractivity (Wildman–Crippen MR) is 127 cm³/mol. The molecule has 0 saturated heterocycles. The first-order valence-electron chi connectivity index (χ1n) is 11.1. The van der Waals surface area contributed by atoms with Gasteiger partial charge in [0, 0.05) is 31.2 Å². The van der Waals surface area contributed by atoms with Crippen LogP contribution in [0.5, 0.6) is 5.75 Å². The summed E-state index contributed by atoms with van der Waals surface area (Å²) in [6.45, 7) is 8.67. The summed E-state index contributed by atoms with van der Waals surface area (Å²) in [7, 11) is 1.64. The maximum absolute atomic E-state index is 14.0. The van der Waals surface area contributed by atoms with E-state index >= 15 is 0 Å². The summed E-state index contributed by atoms with van der Waals surface area (Å²) in [6, 6.07) is 5.10. The Kier molecular flexibility index (Phi) is 12.8. The molecule has 2 N–H and O–H groups in total. The highest BCUT2D eigenvalue weighted by molar-refractivity contribution is 7.97. The maximum Gasteiger partial charge on any atom is 0.222 e. The Bertz CT molecular complexity index is 679. The lowest BCUT2D eigenvalue weighted by Gasteiger charge is -2.20. The molecule has 1 aromatic rings. The first kappa shape index (κ1) is 27.4. The van der Waals surface area contributed by atoms with E-state index in [1.807, 2.05) is 0 Å². The van der Waals surface area contributed by atoms with Crippen LogP contribution in [0.15, 0.2) is 18.2 Å². The summed E-state index contributed by atoms with van der Waals surface area (Å²) in [5.41, 5.74) is 0.957. The Morgan fingerprint density at radius 2 is 1.97 bits per heavy atom. The zero-order chi connectivity index (χ0) is 23.3. The minimum atomic E-state index is -0.337. The fourth-order valence-electron chi connectivity index (χ4n) is 3.07. The summed E-state index contributed by atoms with van der Waals surface area (Å²) in [4.78, 5) is 22.4. The molecule has 0 radical (unpaired) electrons. The van der Waals surface area contributed by atoms with Crippen molar-refractivity contribution in [2.24, 2.45) is 11.3 Å². The van der Waals surface area contributed by atoms with Gasteiger partial charge in [0.2, 0.25) is 5.91 Å². The molecule has 1 aromatic carbocycles. The van der Waals surface area contributed by atoms with Gasteiger partial charge in [-0.25, -0.2) is 4.39 Å². The third-order valence-electron chi connectivity index (χ3n) is 4.93. The number of hydrogen-bond acceptors (Lipinski definition) is 5. The van der Waals surface area contributed by atoms with Crippen molar-refractivity contribution in [1.29, 1.82) is 0 Å². The first-order chi connectivity index (χ1) is 14.7. The van der Waals surface area contributed by atoms with E-state index < -0.39 is 0 Å². The Labute approximate surface area is 191 Å². The fraction of sp³-hybridized carbons (Fsp3) is 0.667. The van der Waals surface area contributed by atoms with E-state index in [4.69, 9.17) is 4.74 Å². The molecule has 0 saturated carbocycles. The van der Waals surface area contributed by atoms with Gasteiger partial charge < -0.3 is 14.8 Å². The van der Waals surface area contributed by atoms with Crippen LogP contribution in [0, 0.1) is 17.2 Å². The monoisotopic (exact) mass is 454 g/mol. The number of nitrogens with one attached hydrogen (secondary N) is 2. The molecule has 2 atom stereocenters. The van der Waals surface area contributed by atoms with Crippen molar-refractivity contribution in [3.63, 3.8) is 0 Å². The summed E-state index contributed by atoms with van der Waals surface area (Å²) >= 11 is 1.66. The number of amides is 1. The number of aldehydes is 1. The number of hydrogen-bond donors (Lipinski definition) is 2. The van der Waals surface area contributed by atoms with Crippen LogP contribution in [0.25, 0.3) is 0 Å². The number of halogens is 1. The second-order valence-corrected chi connectivity index (χ2v) is 10.1. The number of carbonyl (C=O) groups is 2. The lowest BCUT2D eigenvalue weighted by molar-refractivity contribution is -0.125. The molecule has 0 aromatic heterocycles. The fourth-order valence-corrected chi connectivity index (χ4v) is 3.92. The van der Waals surface area contributed by atoms with Gasteiger partial charge in [-0.05, 0) is 49.3 Å². The number of ether oxygens (including phenoxy) is 1. The van der Waals surface area contributed by atoms with Crippen molar-refractivity contribution in [2.75, 3.05) is 19.4 Å². The standard InChI is InChI=1S/C24H39FN2O3S/c1-18(20-12-13-21(25)22(16-20)30-17-24(2,3)4)27-31-15-8-6-7-10-19(11-9-14-28)23(29)26-5/h12-14,16,18-19,27H,6-11,15,17H2,1-5H3,(H,26,29). The number of carbonyl (C=O) groups excluding carboxylic acids is 2. The molecule has 2 unspecified atom stereocenters. The smallest absolute Gasteiger partial charge is 0.222 e. The summed E-state index contributed by atoms with van der Waals surface area (Å²) < 4.78 is 23.1. The van der Waals surface area contributed by atoms with Crippen LogP contribution < -0.4 is 14.8 Å². The average Bonchev–Trinajstić information content (AvgIpc) is 2.73. The minimum Gasteiger partial charge on any atom is -0.490 e. The number of rotatable bonds is 15. The number of unbranched alkanes of at least 4 members (excludes halogenated alkanes) is 2. The van der Waals surface area contributed by atoms with Crippen molar-refractivity contribution in [3.05, 3.63) is 29.6 Å². The molecule has 0 bridgehead atoms. The number of benzene rings is 1. The van der Waals surface area contributed by atoms with Gasteiger partial charge in [0.05, 0.1) is 6.61 Å². The molecule has 31 heavy (non-hydrogen) atoms. The highest BCUT2D eigenvalue weighted by Crippen LogP contribution is 2.26. The predicted octanol–water partition coefficient (Wildman–Crippen LogP) is 5.45. The van der Waals surface area contributed by atoms with Gasteiger partial charge in [0.1, 0.15) is 6.29 Å². The Hall–Kier alpha value is -1.60. The molecule has 0 aliphatic rings. The summed E-state index contributed by atoms with van der Waals surface area (Å²) in [5, 5.41) is 2.68. The normalized spacial score (nSPS) is 13.5. The largest absolute Gasteiger partial charge is 0.490 e. The first-order valence-corrected chi connectivity index (χ1v) is 12.1. The molecule has 0 heterocycles. The van der Waals surface area contributed by atoms with Crippen molar-refractivity contribution in [1.82, 2.24) is 10.0 Å². The third kappa shape index (κ3) is 11.5. The van der Waals surface area contributed by atoms with Crippen LogP contribution in [0.3, 0.4) is 0 Å². The van der Waals surface area contributed by atoms with Crippen LogP contribution in [0.4, 0.5) is 4.39 Å². The highest BCUT2D eigenvalue weighted by atomic mass is 32.2. The van der Waals surface area contributed by atoms with E-state index in [1.165, 1.54) is 6.07 Å². The maximum atomic E-state index is 14.0. The van der Waals surface area contributed by atoms with Gasteiger partial charge in [-0.15, -0.1) is 0 Å². The van der Waals surface area contributed by atoms with Gasteiger partial charge in [0.25, 0.3) is 0 Å². The molecule has 0 aliphatic carbocycles. The van der Waals surface area contributed by atoms with Crippen molar-refractivity contribution >= 4 is 24.1 Å². The van der Waals surface area contributed by atoms with Gasteiger partial charge in [-0.1, -0.05) is 51.6 Å². The van der Waals surface area contributed by atoms with Crippen LogP contribution in [0.2, 0.25) is 0 Å². The lowest BCUT2D eigenvalue weighted by Crippen LogP contribution is -2.27. The molecule has 1 amide bonds. The highest BCUT2D eigenvalue weighted by Gasteiger charge is 2.16. The van der Waals surface area contributed by atoms with Crippen LogP contribution in [-0.4, -0.2) is 31.6 Å². The molecule has 0 fully saturated rings. The SMILES string of the molecule is CNC(=O)C(CCC=O)CCCCCSNC(C)c1ccc(F)c(OCC(C)(C)C)c1.